The molecular formula is C16H16BrFN2O3S. The van der Waals surface area contributed by atoms with E-state index in [0.29, 0.717) is 10.0 Å². The third kappa shape index (κ3) is 5.40. The first kappa shape index (κ1) is 18.6. The Morgan fingerprint density at radius 3 is 2.58 bits per heavy atom. The number of hydrogen-bond donors (Lipinski definition) is 2. The highest BCUT2D eigenvalue weighted by atomic mass is 79.9. The predicted molar refractivity (Wildman–Crippen MR) is 92.2 cm³/mol. The summed E-state index contributed by atoms with van der Waals surface area (Å²) in [7, 11) is -3.67. The van der Waals surface area contributed by atoms with Gasteiger partial charge in [0, 0.05) is 29.5 Å². The van der Waals surface area contributed by atoms with E-state index in [1.807, 2.05) is 0 Å². The molecule has 2 aromatic carbocycles. The van der Waals surface area contributed by atoms with Crippen LogP contribution in [0.25, 0.3) is 0 Å². The maximum Gasteiger partial charge on any atom is 0.240 e. The standard InChI is InChI=1S/C16H16BrFN2O3S/c17-13-5-3-6-14(10-13)24(22,23)20-9-8-16(21)19-11-12-4-1-2-7-15(12)18/h1-7,10,20H,8-9,11H2,(H,19,21). The van der Waals surface area contributed by atoms with Crippen LogP contribution in [-0.2, 0) is 21.4 Å². The number of halogens is 2. The topological polar surface area (TPSA) is 75.3 Å². The first-order chi connectivity index (χ1) is 11.4. The molecule has 0 spiro atoms. The van der Waals surface area contributed by atoms with Crippen molar-refractivity contribution in [1.82, 2.24) is 10.0 Å². The molecule has 0 heterocycles. The number of rotatable bonds is 7. The number of carbonyl (C=O) groups is 1. The lowest BCUT2D eigenvalue weighted by Crippen LogP contribution is -2.30. The number of sulfonamides is 1. The SMILES string of the molecule is O=C(CCNS(=O)(=O)c1cccc(Br)c1)NCc1ccccc1F. The van der Waals surface area contributed by atoms with Crippen LogP contribution in [0.1, 0.15) is 12.0 Å². The second-order valence-corrected chi connectivity index (χ2v) is 7.66. The zero-order chi connectivity index (χ0) is 17.6. The fraction of sp³-hybridized carbons (Fsp3) is 0.188. The monoisotopic (exact) mass is 414 g/mol. The van der Waals surface area contributed by atoms with E-state index in [1.165, 1.54) is 18.2 Å². The van der Waals surface area contributed by atoms with Crippen LogP contribution in [0.2, 0.25) is 0 Å². The molecule has 8 heteroatoms. The van der Waals surface area contributed by atoms with Crippen LogP contribution in [0.5, 0.6) is 0 Å². The van der Waals surface area contributed by atoms with Gasteiger partial charge in [-0.1, -0.05) is 40.2 Å². The van der Waals surface area contributed by atoms with E-state index >= 15 is 0 Å². The molecule has 0 fully saturated rings. The van der Waals surface area contributed by atoms with Gasteiger partial charge in [-0.05, 0) is 24.3 Å². The average Bonchev–Trinajstić information content (AvgIpc) is 2.54. The quantitative estimate of drug-likeness (QED) is 0.730. The first-order valence-electron chi connectivity index (χ1n) is 7.14. The maximum atomic E-state index is 13.4. The van der Waals surface area contributed by atoms with E-state index in [2.05, 4.69) is 26.0 Å². The molecule has 2 N–H and O–H groups in total. The van der Waals surface area contributed by atoms with Crippen molar-refractivity contribution in [3.05, 3.63) is 64.4 Å². The van der Waals surface area contributed by atoms with Crippen molar-refractivity contribution >= 4 is 31.9 Å². The van der Waals surface area contributed by atoms with Crippen LogP contribution >= 0.6 is 15.9 Å². The molecule has 2 aromatic rings. The minimum absolute atomic E-state index is 0.0400. The second kappa shape index (κ2) is 8.36. The van der Waals surface area contributed by atoms with Crippen molar-refractivity contribution in [2.45, 2.75) is 17.9 Å². The summed E-state index contributed by atoms with van der Waals surface area (Å²) in [5.41, 5.74) is 0.376. The lowest BCUT2D eigenvalue weighted by Gasteiger charge is -2.08. The molecule has 1 amide bonds. The molecule has 24 heavy (non-hydrogen) atoms. The van der Waals surface area contributed by atoms with E-state index in [1.54, 1.807) is 30.3 Å². The average molecular weight is 415 g/mol. The summed E-state index contributed by atoms with van der Waals surface area (Å²) in [6.45, 7) is 0.0157. The molecular weight excluding hydrogens is 399 g/mol. The molecule has 2 rings (SSSR count). The smallest absolute Gasteiger partial charge is 0.240 e. The highest BCUT2D eigenvalue weighted by Crippen LogP contribution is 2.15. The summed E-state index contributed by atoms with van der Waals surface area (Å²) in [4.78, 5) is 11.8. The Labute approximate surface area is 148 Å². The number of benzene rings is 2. The van der Waals surface area contributed by atoms with Gasteiger partial charge >= 0.3 is 0 Å². The normalized spacial score (nSPS) is 11.2. The summed E-state index contributed by atoms with van der Waals surface area (Å²) < 4.78 is 40.6. The van der Waals surface area contributed by atoms with Crippen LogP contribution in [0.3, 0.4) is 0 Å². The third-order valence-electron chi connectivity index (χ3n) is 3.18. The molecule has 0 radical (unpaired) electrons. The van der Waals surface area contributed by atoms with Crippen molar-refractivity contribution in [2.75, 3.05) is 6.54 Å². The molecule has 0 unspecified atom stereocenters. The van der Waals surface area contributed by atoms with E-state index < -0.39 is 15.8 Å². The van der Waals surface area contributed by atoms with Crippen LogP contribution in [0.15, 0.2) is 57.9 Å². The van der Waals surface area contributed by atoms with Crippen LogP contribution < -0.4 is 10.0 Å². The number of amides is 1. The van der Waals surface area contributed by atoms with Crippen LogP contribution in [0.4, 0.5) is 4.39 Å². The summed E-state index contributed by atoms with van der Waals surface area (Å²) in [5.74, 6) is -0.761. The van der Waals surface area contributed by atoms with Gasteiger partial charge in [0.1, 0.15) is 5.82 Å². The van der Waals surface area contributed by atoms with E-state index in [9.17, 15) is 17.6 Å². The molecule has 0 aromatic heterocycles. The fourth-order valence-corrected chi connectivity index (χ4v) is 3.57. The molecule has 128 valence electrons. The Hall–Kier alpha value is -1.77. The zero-order valence-electron chi connectivity index (χ0n) is 12.6. The molecule has 0 aliphatic carbocycles. The van der Waals surface area contributed by atoms with Crippen molar-refractivity contribution in [3.63, 3.8) is 0 Å². The van der Waals surface area contributed by atoms with Crippen LogP contribution in [-0.4, -0.2) is 20.9 Å². The van der Waals surface area contributed by atoms with Crippen LogP contribution in [0, 0.1) is 5.82 Å². The molecule has 0 aliphatic rings. The van der Waals surface area contributed by atoms with Gasteiger partial charge in [0.15, 0.2) is 0 Å². The van der Waals surface area contributed by atoms with Gasteiger partial charge in [-0.3, -0.25) is 4.79 Å². The molecule has 0 saturated heterocycles. The van der Waals surface area contributed by atoms with Gasteiger partial charge in [0.25, 0.3) is 0 Å². The second-order valence-electron chi connectivity index (χ2n) is 4.97. The molecule has 0 aliphatic heterocycles. The Kier molecular flexibility index (Phi) is 6.47. The van der Waals surface area contributed by atoms with Crippen molar-refractivity contribution < 1.29 is 17.6 Å². The largest absolute Gasteiger partial charge is 0.352 e. The van der Waals surface area contributed by atoms with E-state index in [4.69, 9.17) is 0 Å². The van der Waals surface area contributed by atoms with E-state index in [0.717, 1.165) is 0 Å². The minimum Gasteiger partial charge on any atom is -0.352 e. The molecule has 0 saturated carbocycles. The minimum atomic E-state index is -3.67. The fourth-order valence-electron chi connectivity index (χ4n) is 1.94. The highest BCUT2D eigenvalue weighted by molar-refractivity contribution is 9.10. The van der Waals surface area contributed by atoms with E-state index in [-0.39, 0.29) is 30.3 Å². The Morgan fingerprint density at radius 2 is 1.88 bits per heavy atom. The molecule has 0 atom stereocenters. The summed E-state index contributed by atoms with van der Waals surface area (Å²) >= 11 is 3.21. The Morgan fingerprint density at radius 1 is 1.12 bits per heavy atom. The Bertz CT molecular complexity index is 828. The van der Waals surface area contributed by atoms with Gasteiger partial charge in [0.05, 0.1) is 4.90 Å². The summed E-state index contributed by atoms with van der Waals surface area (Å²) in [5, 5.41) is 2.55. The summed E-state index contributed by atoms with van der Waals surface area (Å²) in [6.07, 6.45) is -0.0400. The lowest BCUT2D eigenvalue weighted by molar-refractivity contribution is -0.121. The zero-order valence-corrected chi connectivity index (χ0v) is 15.0. The van der Waals surface area contributed by atoms with Crippen molar-refractivity contribution in [1.29, 1.82) is 0 Å². The number of nitrogens with one attached hydrogen (secondary N) is 2. The number of hydrogen-bond acceptors (Lipinski definition) is 3. The number of carbonyl (C=O) groups excluding carboxylic acids is 1. The maximum absolute atomic E-state index is 13.4. The van der Waals surface area contributed by atoms with Gasteiger partial charge in [0.2, 0.25) is 15.9 Å². The van der Waals surface area contributed by atoms with Crippen molar-refractivity contribution in [3.8, 4) is 0 Å². The third-order valence-corrected chi connectivity index (χ3v) is 5.14. The van der Waals surface area contributed by atoms with Gasteiger partial charge in [-0.2, -0.15) is 0 Å². The van der Waals surface area contributed by atoms with Crippen molar-refractivity contribution in [2.24, 2.45) is 0 Å². The molecule has 0 bridgehead atoms. The molecule has 5 nitrogen and oxygen atoms in total. The predicted octanol–water partition coefficient (Wildman–Crippen LogP) is 2.57. The lowest BCUT2D eigenvalue weighted by atomic mass is 10.2. The van der Waals surface area contributed by atoms with Gasteiger partial charge in [-0.25, -0.2) is 17.5 Å². The van der Waals surface area contributed by atoms with Gasteiger partial charge < -0.3 is 5.32 Å². The highest BCUT2D eigenvalue weighted by Gasteiger charge is 2.14. The first-order valence-corrected chi connectivity index (χ1v) is 9.41. The summed E-state index contributed by atoms with van der Waals surface area (Å²) in [6, 6.07) is 12.4. The Balaban J connectivity index is 1.81. The van der Waals surface area contributed by atoms with Gasteiger partial charge in [-0.15, -0.1) is 0 Å².